The van der Waals surface area contributed by atoms with Gasteiger partial charge in [0.05, 0.1) is 12.8 Å². The number of nitrogen functional groups attached to an aromatic ring is 1. The Morgan fingerprint density at radius 1 is 1.30 bits per heavy atom. The van der Waals surface area contributed by atoms with Gasteiger partial charge in [-0.25, -0.2) is 9.78 Å². The van der Waals surface area contributed by atoms with Crippen LogP contribution in [0.3, 0.4) is 0 Å². The van der Waals surface area contributed by atoms with E-state index in [1.807, 2.05) is 0 Å². The van der Waals surface area contributed by atoms with Gasteiger partial charge in [-0.05, 0) is 49.7 Å². The van der Waals surface area contributed by atoms with Crippen LogP contribution in [0.4, 0.5) is 11.5 Å². The quantitative estimate of drug-likeness (QED) is 0.805. The first-order valence-electron chi connectivity index (χ1n) is 7.27. The highest BCUT2D eigenvalue weighted by Gasteiger charge is 2.30. The molecule has 2 saturated carbocycles. The average molecular weight is 275 g/mol. The van der Waals surface area contributed by atoms with Gasteiger partial charge in [-0.1, -0.05) is 0 Å². The minimum Gasteiger partial charge on any atom is -0.464 e. The number of nitrogens with zero attached hydrogens (tertiary/aromatic N) is 2. The molecule has 1 aromatic rings. The Balaban J connectivity index is 1.84. The number of rotatable bonds is 6. The van der Waals surface area contributed by atoms with Crippen LogP contribution in [0, 0.1) is 11.8 Å². The molecule has 0 amide bonds. The zero-order valence-electron chi connectivity index (χ0n) is 11.8. The standard InChI is InChI=1S/C15H21N3O2/c1-20-15(19)13-7-6-12(16)14(17-13)18(8-10-2-3-10)9-11-4-5-11/h6-7,10-11H,2-5,8-9,16H2,1H3. The van der Waals surface area contributed by atoms with Crippen molar-refractivity contribution < 1.29 is 9.53 Å². The van der Waals surface area contributed by atoms with E-state index in [0.717, 1.165) is 30.7 Å². The van der Waals surface area contributed by atoms with Crippen molar-refractivity contribution in [1.82, 2.24) is 4.98 Å². The molecule has 5 nitrogen and oxygen atoms in total. The molecule has 0 aromatic carbocycles. The molecular formula is C15H21N3O2. The Hall–Kier alpha value is -1.78. The van der Waals surface area contributed by atoms with Crippen molar-refractivity contribution in [2.45, 2.75) is 25.7 Å². The van der Waals surface area contributed by atoms with Crippen LogP contribution in [0.1, 0.15) is 36.2 Å². The summed E-state index contributed by atoms with van der Waals surface area (Å²) in [5, 5.41) is 0. The van der Waals surface area contributed by atoms with Crippen molar-refractivity contribution >= 4 is 17.5 Å². The molecule has 108 valence electrons. The lowest BCUT2D eigenvalue weighted by atomic mass is 10.2. The monoisotopic (exact) mass is 275 g/mol. The zero-order chi connectivity index (χ0) is 14.1. The topological polar surface area (TPSA) is 68.5 Å². The second-order valence-electron chi connectivity index (χ2n) is 5.89. The fourth-order valence-corrected chi connectivity index (χ4v) is 2.40. The van der Waals surface area contributed by atoms with Crippen molar-refractivity contribution in [1.29, 1.82) is 0 Å². The van der Waals surface area contributed by atoms with Gasteiger partial charge >= 0.3 is 5.97 Å². The lowest BCUT2D eigenvalue weighted by Crippen LogP contribution is -2.30. The van der Waals surface area contributed by atoms with Crippen LogP contribution >= 0.6 is 0 Å². The van der Waals surface area contributed by atoms with E-state index in [4.69, 9.17) is 10.5 Å². The van der Waals surface area contributed by atoms with Crippen LogP contribution in [0.15, 0.2) is 12.1 Å². The van der Waals surface area contributed by atoms with Crippen molar-refractivity contribution in [3.05, 3.63) is 17.8 Å². The molecule has 0 bridgehead atoms. The molecule has 0 radical (unpaired) electrons. The predicted molar refractivity (Wildman–Crippen MR) is 77.6 cm³/mol. The maximum atomic E-state index is 11.6. The maximum Gasteiger partial charge on any atom is 0.356 e. The van der Waals surface area contributed by atoms with E-state index >= 15 is 0 Å². The summed E-state index contributed by atoms with van der Waals surface area (Å²) in [7, 11) is 1.37. The summed E-state index contributed by atoms with van der Waals surface area (Å²) >= 11 is 0. The number of esters is 1. The number of nitrogens with two attached hydrogens (primary N) is 1. The number of anilines is 2. The highest BCUT2D eigenvalue weighted by atomic mass is 16.5. The van der Waals surface area contributed by atoms with Crippen LogP contribution in [-0.2, 0) is 4.74 Å². The second kappa shape index (κ2) is 5.31. The van der Waals surface area contributed by atoms with Gasteiger partial charge in [-0.15, -0.1) is 0 Å². The molecule has 2 aliphatic rings. The summed E-state index contributed by atoms with van der Waals surface area (Å²) in [6.45, 7) is 2.00. The van der Waals surface area contributed by atoms with Crippen LogP contribution < -0.4 is 10.6 Å². The van der Waals surface area contributed by atoms with E-state index < -0.39 is 5.97 Å². The Morgan fingerprint density at radius 2 is 1.90 bits per heavy atom. The summed E-state index contributed by atoms with van der Waals surface area (Å²) < 4.78 is 4.74. The van der Waals surface area contributed by atoms with E-state index in [9.17, 15) is 4.79 Å². The third kappa shape index (κ3) is 3.03. The first-order valence-corrected chi connectivity index (χ1v) is 7.27. The van der Waals surface area contributed by atoms with Gasteiger partial charge in [0.2, 0.25) is 0 Å². The number of ether oxygens (including phenoxy) is 1. The smallest absolute Gasteiger partial charge is 0.356 e. The van der Waals surface area contributed by atoms with Crippen LogP contribution in [-0.4, -0.2) is 31.2 Å². The molecule has 0 unspecified atom stereocenters. The van der Waals surface area contributed by atoms with E-state index in [1.165, 1.54) is 32.8 Å². The summed E-state index contributed by atoms with van der Waals surface area (Å²) in [5.74, 6) is 1.85. The van der Waals surface area contributed by atoms with Crippen molar-refractivity contribution in [2.24, 2.45) is 11.8 Å². The first kappa shape index (κ1) is 13.2. The van der Waals surface area contributed by atoms with Crippen molar-refractivity contribution in [3.63, 3.8) is 0 Å². The maximum absolute atomic E-state index is 11.6. The number of aromatic nitrogens is 1. The van der Waals surface area contributed by atoms with Gasteiger partial charge in [0.1, 0.15) is 0 Å². The zero-order valence-corrected chi connectivity index (χ0v) is 11.8. The molecule has 1 aromatic heterocycles. The molecule has 20 heavy (non-hydrogen) atoms. The number of hydrogen-bond acceptors (Lipinski definition) is 5. The fourth-order valence-electron chi connectivity index (χ4n) is 2.40. The van der Waals surface area contributed by atoms with Gasteiger partial charge in [0, 0.05) is 13.1 Å². The Morgan fingerprint density at radius 3 is 2.40 bits per heavy atom. The molecule has 2 aliphatic carbocycles. The van der Waals surface area contributed by atoms with Gasteiger partial charge in [-0.3, -0.25) is 0 Å². The molecule has 0 spiro atoms. The third-order valence-corrected chi connectivity index (χ3v) is 3.95. The minimum atomic E-state index is -0.413. The van der Waals surface area contributed by atoms with Gasteiger partial charge < -0.3 is 15.4 Å². The summed E-state index contributed by atoms with van der Waals surface area (Å²) in [6, 6.07) is 3.37. The Kier molecular flexibility index (Phi) is 3.51. The molecule has 5 heteroatoms. The average Bonchev–Trinajstić information content (AvgIpc) is 3.33. The van der Waals surface area contributed by atoms with Crippen molar-refractivity contribution in [2.75, 3.05) is 30.8 Å². The number of pyridine rings is 1. The van der Waals surface area contributed by atoms with E-state index in [-0.39, 0.29) is 0 Å². The van der Waals surface area contributed by atoms with Crippen molar-refractivity contribution in [3.8, 4) is 0 Å². The summed E-state index contributed by atoms with van der Waals surface area (Å²) in [5.41, 5.74) is 7.03. The van der Waals surface area contributed by atoms with Gasteiger partial charge in [-0.2, -0.15) is 0 Å². The summed E-state index contributed by atoms with van der Waals surface area (Å²) in [6.07, 6.45) is 5.16. The molecule has 0 aliphatic heterocycles. The third-order valence-electron chi connectivity index (χ3n) is 3.95. The normalized spacial score (nSPS) is 17.9. The number of carbonyl (C=O) groups excluding carboxylic acids is 1. The summed E-state index contributed by atoms with van der Waals surface area (Å²) in [4.78, 5) is 18.3. The number of methoxy groups -OCH3 is 1. The van der Waals surface area contributed by atoms with Gasteiger partial charge in [0.25, 0.3) is 0 Å². The number of carbonyl (C=O) groups is 1. The molecule has 3 rings (SSSR count). The molecular weight excluding hydrogens is 254 g/mol. The SMILES string of the molecule is COC(=O)c1ccc(N)c(N(CC2CC2)CC2CC2)n1. The predicted octanol–water partition coefficient (Wildman–Crippen LogP) is 2.08. The molecule has 0 atom stereocenters. The highest BCUT2D eigenvalue weighted by molar-refractivity contribution is 5.88. The van der Waals surface area contributed by atoms with Gasteiger partial charge in [0.15, 0.2) is 11.5 Å². The Labute approximate surface area is 119 Å². The van der Waals surface area contributed by atoms with E-state index in [0.29, 0.717) is 11.4 Å². The highest BCUT2D eigenvalue weighted by Crippen LogP contribution is 2.36. The minimum absolute atomic E-state index is 0.327. The van der Waals surface area contributed by atoms with E-state index in [2.05, 4.69) is 9.88 Å². The fraction of sp³-hybridized carbons (Fsp3) is 0.600. The molecule has 2 fully saturated rings. The van der Waals surface area contributed by atoms with Crippen LogP contribution in [0.25, 0.3) is 0 Å². The largest absolute Gasteiger partial charge is 0.464 e. The lowest BCUT2D eigenvalue weighted by molar-refractivity contribution is 0.0594. The second-order valence-corrected chi connectivity index (χ2v) is 5.89. The molecule has 2 N–H and O–H groups in total. The molecule has 0 saturated heterocycles. The lowest BCUT2D eigenvalue weighted by Gasteiger charge is -2.25. The number of hydrogen-bond donors (Lipinski definition) is 1. The first-order chi connectivity index (χ1) is 9.67. The van der Waals surface area contributed by atoms with E-state index in [1.54, 1.807) is 12.1 Å². The Bertz CT molecular complexity index is 496. The van der Waals surface area contributed by atoms with Crippen LogP contribution in [0.2, 0.25) is 0 Å². The van der Waals surface area contributed by atoms with Crippen LogP contribution in [0.5, 0.6) is 0 Å². The molecule has 1 heterocycles.